The van der Waals surface area contributed by atoms with Crippen molar-refractivity contribution < 1.29 is 18.0 Å². The quantitative estimate of drug-likeness (QED) is 0.380. The lowest BCUT2D eigenvalue weighted by molar-refractivity contribution is -0.116. The fourth-order valence-corrected chi connectivity index (χ4v) is 4.58. The summed E-state index contributed by atoms with van der Waals surface area (Å²) in [7, 11) is 0. The van der Waals surface area contributed by atoms with Crippen LogP contribution in [0, 0.1) is 13.8 Å². The van der Waals surface area contributed by atoms with Crippen molar-refractivity contribution in [3.05, 3.63) is 59.5 Å². The minimum atomic E-state index is -2.73. The Bertz CT molecular complexity index is 1460. The van der Waals surface area contributed by atoms with E-state index in [2.05, 4.69) is 20.4 Å². The minimum Gasteiger partial charge on any atom is -0.463 e. The van der Waals surface area contributed by atoms with E-state index in [-0.39, 0.29) is 34.7 Å². The van der Waals surface area contributed by atoms with Crippen LogP contribution < -0.4 is 5.32 Å². The molecule has 0 aliphatic rings. The number of furan rings is 1. The van der Waals surface area contributed by atoms with Gasteiger partial charge in [0, 0.05) is 5.56 Å². The molecule has 1 N–H and O–H groups in total. The maximum Gasteiger partial charge on any atom is 0.264 e. The average molecular weight is 453 g/mol. The predicted octanol–water partition coefficient (Wildman–Crippen LogP) is 5.49. The summed E-state index contributed by atoms with van der Waals surface area (Å²) < 4.78 is 35.2. The van der Waals surface area contributed by atoms with E-state index in [0.29, 0.717) is 16.6 Å². The Balaban J connectivity index is 1.49. The van der Waals surface area contributed by atoms with Gasteiger partial charge in [-0.25, -0.2) is 23.4 Å². The molecule has 0 saturated carbocycles. The first kappa shape index (κ1) is 20.3. The van der Waals surface area contributed by atoms with Crippen LogP contribution in [0.1, 0.15) is 23.2 Å². The number of fused-ring (bicyclic) bond motifs is 2. The lowest BCUT2D eigenvalue weighted by Gasteiger charge is -2.07. The van der Waals surface area contributed by atoms with Crippen molar-refractivity contribution in [3.8, 4) is 11.5 Å². The van der Waals surface area contributed by atoms with Crippen LogP contribution in [0.2, 0.25) is 0 Å². The number of rotatable bonds is 5. The molecule has 0 bridgehead atoms. The van der Waals surface area contributed by atoms with Crippen LogP contribution in [-0.4, -0.2) is 25.7 Å². The third-order valence-corrected chi connectivity index (χ3v) is 5.93. The summed E-state index contributed by atoms with van der Waals surface area (Å²) in [6.07, 6.45) is -1.29. The topological polar surface area (TPSA) is 85.8 Å². The Morgan fingerprint density at radius 2 is 2.06 bits per heavy atom. The SMILES string of the molecule is Cc1ccc2nc(NC(=O)Cn3nc(C)c4c(C(F)F)cc(-c5ccco5)nc43)sc2c1. The molecule has 10 heteroatoms. The molecule has 1 aromatic carbocycles. The molecule has 0 atom stereocenters. The molecule has 0 spiro atoms. The molecule has 1 amide bonds. The summed E-state index contributed by atoms with van der Waals surface area (Å²) in [6.45, 7) is 3.41. The van der Waals surface area contributed by atoms with Gasteiger partial charge in [-0.3, -0.25) is 4.79 Å². The minimum absolute atomic E-state index is 0.196. The number of alkyl halides is 2. The number of halogens is 2. The Morgan fingerprint density at radius 1 is 1.22 bits per heavy atom. The van der Waals surface area contributed by atoms with Crippen molar-refractivity contribution >= 4 is 43.6 Å². The van der Waals surface area contributed by atoms with E-state index in [1.165, 1.54) is 28.3 Å². The van der Waals surface area contributed by atoms with Crippen LogP contribution in [0.5, 0.6) is 0 Å². The monoisotopic (exact) mass is 453 g/mol. The van der Waals surface area contributed by atoms with Gasteiger partial charge in [0.15, 0.2) is 16.5 Å². The number of anilines is 1. The lowest BCUT2D eigenvalue weighted by atomic mass is 10.1. The molecule has 4 heterocycles. The summed E-state index contributed by atoms with van der Waals surface area (Å²) in [6, 6.07) is 10.4. The number of aryl methyl sites for hydroxylation is 2. The summed E-state index contributed by atoms with van der Waals surface area (Å²) in [5.74, 6) is -0.0256. The van der Waals surface area contributed by atoms with Crippen molar-refractivity contribution in [2.24, 2.45) is 0 Å². The number of hydrogen-bond donors (Lipinski definition) is 1. The molecule has 0 fully saturated rings. The normalized spacial score (nSPS) is 11.7. The number of nitrogens with zero attached hydrogens (tertiary/aromatic N) is 4. The van der Waals surface area contributed by atoms with Gasteiger partial charge < -0.3 is 9.73 Å². The van der Waals surface area contributed by atoms with Crippen LogP contribution >= 0.6 is 11.3 Å². The lowest BCUT2D eigenvalue weighted by Crippen LogP contribution is -2.19. The Labute approximate surface area is 184 Å². The molecule has 0 unspecified atom stereocenters. The molecule has 0 aliphatic heterocycles. The van der Waals surface area contributed by atoms with E-state index in [4.69, 9.17) is 4.42 Å². The zero-order valence-corrected chi connectivity index (χ0v) is 17.9. The maximum atomic E-state index is 13.8. The number of aromatic nitrogens is 4. The summed E-state index contributed by atoms with van der Waals surface area (Å²) in [5, 5.41) is 7.76. The van der Waals surface area contributed by atoms with Crippen LogP contribution in [0.15, 0.2) is 47.1 Å². The van der Waals surface area contributed by atoms with E-state index in [9.17, 15) is 13.6 Å². The third-order valence-electron chi connectivity index (χ3n) is 5.00. The van der Waals surface area contributed by atoms with Crippen molar-refractivity contribution in [2.45, 2.75) is 26.8 Å². The number of benzene rings is 1. The molecule has 162 valence electrons. The molecule has 0 aliphatic carbocycles. The van der Waals surface area contributed by atoms with Crippen LogP contribution in [-0.2, 0) is 11.3 Å². The Hall–Kier alpha value is -3.66. The van der Waals surface area contributed by atoms with E-state index in [1.807, 2.05) is 25.1 Å². The van der Waals surface area contributed by atoms with E-state index in [0.717, 1.165) is 15.8 Å². The summed E-state index contributed by atoms with van der Waals surface area (Å²) in [5.41, 5.74) is 2.51. The highest BCUT2D eigenvalue weighted by Gasteiger charge is 2.22. The largest absolute Gasteiger partial charge is 0.463 e. The standard InChI is InChI=1S/C22H17F2N5O2S/c1-11-5-6-14-17(8-11)32-22(26-14)27-18(30)10-29-21-19(12(2)28-29)13(20(23)24)9-15(25-21)16-4-3-7-31-16/h3-9,20H,10H2,1-2H3,(H,26,27,30). The van der Waals surface area contributed by atoms with Crippen molar-refractivity contribution in [1.29, 1.82) is 0 Å². The van der Waals surface area contributed by atoms with Crippen LogP contribution in [0.3, 0.4) is 0 Å². The third kappa shape index (κ3) is 3.62. The van der Waals surface area contributed by atoms with Crippen molar-refractivity contribution in [2.75, 3.05) is 5.32 Å². The van der Waals surface area contributed by atoms with Crippen molar-refractivity contribution in [3.63, 3.8) is 0 Å². The van der Waals surface area contributed by atoms with Crippen molar-refractivity contribution in [1.82, 2.24) is 19.7 Å². The summed E-state index contributed by atoms with van der Waals surface area (Å²) in [4.78, 5) is 21.6. The highest BCUT2D eigenvalue weighted by Crippen LogP contribution is 2.33. The van der Waals surface area contributed by atoms with Crippen LogP contribution in [0.25, 0.3) is 32.7 Å². The van der Waals surface area contributed by atoms with Gasteiger partial charge in [-0.05, 0) is 49.7 Å². The van der Waals surface area contributed by atoms with Gasteiger partial charge in [0.25, 0.3) is 6.43 Å². The zero-order chi connectivity index (χ0) is 22.4. The van der Waals surface area contributed by atoms with E-state index < -0.39 is 6.43 Å². The van der Waals surface area contributed by atoms with Crippen LogP contribution in [0.4, 0.5) is 13.9 Å². The molecule has 7 nitrogen and oxygen atoms in total. The highest BCUT2D eigenvalue weighted by atomic mass is 32.1. The van der Waals surface area contributed by atoms with Gasteiger partial charge in [0.2, 0.25) is 5.91 Å². The maximum absolute atomic E-state index is 13.8. The van der Waals surface area contributed by atoms with E-state index in [1.54, 1.807) is 19.1 Å². The summed E-state index contributed by atoms with van der Waals surface area (Å²) >= 11 is 1.37. The number of pyridine rings is 1. The number of hydrogen-bond acceptors (Lipinski definition) is 6. The number of carbonyl (C=O) groups excluding carboxylic acids is 1. The second-order valence-corrected chi connectivity index (χ2v) is 8.39. The van der Waals surface area contributed by atoms with Gasteiger partial charge in [-0.15, -0.1) is 0 Å². The zero-order valence-electron chi connectivity index (χ0n) is 17.1. The predicted molar refractivity (Wildman–Crippen MR) is 118 cm³/mol. The molecule has 5 rings (SSSR count). The molecular weight excluding hydrogens is 436 g/mol. The second kappa shape index (κ2) is 7.79. The molecule has 4 aromatic heterocycles. The number of nitrogens with one attached hydrogen (secondary N) is 1. The van der Waals surface area contributed by atoms with Gasteiger partial charge in [-0.1, -0.05) is 17.4 Å². The molecule has 32 heavy (non-hydrogen) atoms. The first-order valence-electron chi connectivity index (χ1n) is 9.76. The second-order valence-electron chi connectivity index (χ2n) is 7.35. The molecular formula is C22H17F2N5O2S. The van der Waals surface area contributed by atoms with Gasteiger partial charge in [0.05, 0.1) is 27.6 Å². The molecule has 5 aromatic rings. The van der Waals surface area contributed by atoms with Gasteiger partial charge >= 0.3 is 0 Å². The van der Waals surface area contributed by atoms with E-state index >= 15 is 0 Å². The first-order valence-corrected chi connectivity index (χ1v) is 10.6. The number of carbonyl (C=O) groups is 1. The first-order chi connectivity index (χ1) is 15.4. The fraction of sp³-hybridized carbons (Fsp3) is 0.182. The Kier molecular flexibility index (Phi) is 4.93. The van der Waals surface area contributed by atoms with Gasteiger partial charge in [-0.2, -0.15) is 5.10 Å². The fourth-order valence-electron chi connectivity index (χ4n) is 3.60. The average Bonchev–Trinajstić information content (AvgIpc) is 3.47. The molecule has 0 radical (unpaired) electrons. The number of amides is 1. The smallest absolute Gasteiger partial charge is 0.264 e. The van der Waals surface area contributed by atoms with Gasteiger partial charge in [0.1, 0.15) is 12.2 Å². The number of thiazole rings is 1. The molecule has 0 saturated heterocycles. The Morgan fingerprint density at radius 3 is 2.81 bits per heavy atom. The highest BCUT2D eigenvalue weighted by molar-refractivity contribution is 7.22.